The summed E-state index contributed by atoms with van der Waals surface area (Å²) in [5.41, 5.74) is 2.45. The number of aryl methyl sites for hydroxylation is 1. The van der Waals surface area contributed by atoms with Gasteiger partial charge in [0.15, 0.2) is 0 Å². The van der Waals surface area contributed by atoms with E-state index < -0.39 is 6.09 Å². The molecule has 1 aromatic carbocycles. The van der Waals surface area contributed by atoms with E-state index in [1.54, 1.807) is 4.90 Å². The highest BCUT2D eigenvalue weighted by Gasteiger charge is 2.26. The van der Waals surface area contributed by atoms with Crippen LogP contribution in [0.2, 0.25) is 0 Å². The van der Waals surface area contributed by atoms with E-state index in [-0.39, 0.29) is 6.04 Å². The lowest BCUT2D eigenvalue weighted by Gasteiger charge is -2.34. The van der Waals surface area contributed by atoms with E-state index in [1.807, 2.05) is 12.1 Å². The molecule has 1 aliphatic rings. The monoisotopic (exact) mass is 234 g/mol. The van der Waals surface area contributed by atoms with Crippen LogP contribution in [0.4, 0.5) is 4.79 Å². The van der Waals surface area contributed by atoms with Crippen LogP contribution in [-0.4, -0.2) is 41.8 Å². The highest BCUT2D eigenvalue weighted by atomic mass is 16.4. The van der Waals surface area contributed by atoms with Gasteiger partial charge in [-0.25, -0.2) is 4.79 Å². The van der Waals surface area contributed by atoms with Gasteiger partial charge >= 0.3 is 6.09 Å². The smallest absolute Gasteiger partial charge is 0.407 e. The lowest BCUT2D eigenvalue weighted by molar-refractivity contribution is 0.112. The molecule has 1 saturated heterocycles. The SMILES string of the molecule is Cc1ccccc1CC1CNCCN1C(=O)O. The molecule has 1 atom stereocenters. The van der Waals surface area contributed by atoms with Crippen LogP contribution in [0.5, 0.6) is 0 Å². The normalized spacial score (nSPS) is 20.3. The van der Waals surface area contributed by atoms with Gasteiger partial charge in [0, 0.05) is 19.6 Å². The Kier molecular flexibility index (Phi) is 3.64. The summed E-state index contributed by atoms with van der Waals surface area (Å²) < 4.78 is 0. The molecular formula is C13H18N2O2. The fourth-order valence-corrected chi connectivity index (χ4v) is 2.29. The maximum atomic E-state index is 11.1. The molecule has 2 rings (SSSR count). The molecule has 2 N–H and O–H groups in total. The van der Waals surface area contributed by atoms with Crippen molar-refractivity contribution >= 4 is 6.09 Å². The summed E-state index contributed by atoms with van der Waals surface area (Å²) in [6, 6.07) is 8.19. The first-order valence-electron chi connectivity index (χ1n) is 5.93. The maximum Gasteiger partial charge on any atom is 0.407 e. The Morgan fingerprint density at radius 2 is 2.29 bits per heavy atom. The minimum Gasteiger partial charge on any atom is -0.465 e. The van der Waals surface area contributed by atoms with Crippen molar-refractivity contribution in [2.45, 2.75) is 19.4 Å². The largest absolute Gasteiger partial charge is 0.465 e. The molecule has 1 aromatic rings. The van der Waals surface area contributed by atoms with Gasteiger partial charge in [0.05, 0.1) is 6.04 Å². The molecule has 0 saturated carbocycles. The van der Waals surface area contributed by atoms with Gasteiger partial charge in [-0.1, -0.05) is 24.3 Å². The minimum atomic E-state index is -0.815. The van der Waals surface area contributed by atoms with Crippen molar-refractivity contribution in [3.63, 3.8) is 0 Å². The first kappa shape index (κ1) is 11.9. The molecule has 4 heteroatoms. The standard InChI is InChI=1S/C13H18N2O2/c1-10-4-2-3-5-11(10)8-12-9-14-6-7-15(12)13(16)17/h2-5,12,14H,6-9H2,1H3,(H,16,17). The zero-order valence-electron chi connectivity index (χ0n) is 10.0. The first-order valence-corrected chi connectivity index (χ1v) is 5.93. The molecule has 0 radical (unpaired) electrons. The van der Waals surface area contributed by atoms with Crippen molar-refractivity contribution in [2.75, 3.05) is 19.6 Å². The van der Waals surface area contributed by atoms with Gasteiger partial charge in [-0.15, -0.1) is 0 Å². The van der Waals surface area contributed by atoms with E-state index in [0.29, 0.717) is 6.54 Å². The van der Waals surface area contributed by atoms with Gasteiger partial charge in [0.1, 0.15) is 0 Å². The Hall–Kier alpha value is -1.55. The van der Waals surface area contributed by atoms with E-state index in [9.17, 15) is 4.79 Å². The van der Waals surface area contributed by atoms with Gasteiger partial charge in [0.2, 0.25) is 0 Å². The number of hydrogen-bond donors (Lipinski definition) is 2. The van der Waals surface area contributed by atoms with Gasteiger partial charge in [-0.05, 0) is 24.5 Å². The highest BCUT2D eigenvalue weighted by Crippen LogP contribution is 2.14. The fraction of sp³-hybridized carbons (Fsp3) is 0.462. The molecule has 1 unspecified atom stereocenters. The number of carbonyl (C=O) groups is 1. The second kappa shape index (κ2) is 5.19. The Morgan fingerprint density at radius 1 is 1.53 bits per heavy atom. The first-order chi connectivity index (χ1) is 8.18. The van der Waals surface area contributed by atoms with Crippen molar-refractivity contribution in [3.8, 4) is 0 Å². The minimum absolute atomic E-state index is 0.0438. The summed E-state index contributed by atoms with van der Waals surface area (Å²) in [6.07, 6.45) is -0.0310. The Bertz CT molecular complexity index is 406. The van der Waals surface area contributed by atoms with E-state index in [2.05, 4.69) is 24.4 Å². The van der Waals surface area contributed by atoms with Crippen LogP contribution in [-0.2, 0) is 6.42 Å². The Balaban J connectivity index is 2.11. The molecule has 92 valence electrons. The van der Waals surface area contributed by atoms with Gasteiger partial charge in [0.25, 0.3) is 0 Å². The predicted molar refractivity (Wildman–Crippen MR) is 66.3 cm³/mol. The highest BCUT2D eigenvalue weighted by molar-refractivity contribution is 5.65. The summed E-state index contributed by atoms with van der Waals surface area (Å²) in [4.78, 5) is 12.7. The number of nitrogens with zero attached hydrogens (tertiary/aromatic N) is 1. The zero-order valence-corrected chi connectivity index (χ0v) is 10.0. The maximum absolute atomic E-state index is 11.1. The lowest BCUT2D eigenvalue weighted by Crippen LogP contribution is -2.54. The van der Waals surface area contributed by atoms with Crippen LogP contribution in [0.15, 0.2) is 24.3 Å². The van der Waals surface area contributed by atoms with Crippen LogP contribution in [0.1, 0.15) is 11.1 Å². The molecule has 0 spiro atoms. The third-order valence-corrected chi connectivity index (χ3v) is 3.31. The lowest BCUT2D eigenvalue weighted by atomic mass is 9.99. The zero-order chi connectivity index (χ0) is 12.3. The summed E-state index contributed by atoms with van der Waals surface area (Å²) in [5.74, 6) is 0. The average molecular weight is 234 g/mol. The Labute approximate surface area is 101 Å². The van der Waals surface area contributed by atoms with Crippen LogP contribution in [0, 0.1) is 6.92 Å². The van der Waals surface area contributed by atoms with Crippen LogP contribution >= 0.6 is 0 Å². The average Bonchev–Trinajstić information content (AvgIpc) is 2.32. The van der Waals surface area contributed by atoms with Crippen LogP contribution in [0.3, 0.4) is 0 Å². The number of rotatable bonds is 2. The van der Waals surface area contributed by atoms with Crippen molar-refractivity contribution in [1.29, 1.82) is 0 Å². The van der Waals surface area contributed by atoms with E-state index in [0.717, 1.165) is 19.5 Å². The molecule has 1 heterocycles. The summed E-state index contributed by atoms with van der Waals surface area (Å²) >= 11 is 0. The van der Waals surface area contributed by atoms with Gasteiger partial charge in [-0.3, -0.25) is 0 Å². The van der Waals surface area contributed by atoms with Crippen LogP contribution < -0.4 is 5.32 Å². The molecule has 1 aliphatic heterocycles. The quantitative estimate of drug-likeness (QED) is 0.815. The van der Waals surface area contributed by atoms with Crippen molar-refractivity contribution in [1.82, 2.24) is 10.2 Å². The molecule has 0 bridgehead atoms. The van der Waals surface area contributed by atoms with Gasteiger partial charge in [-0.2, -0.15) is 0 Å². The molecule has 1 amide bonds. The second-order valence-electron chi connectivity index (χ2n) is 4.46. The molecule has 17 heavy (non-hydrogen) atoms. The van der Waals surface area contributed by atoms with Crippen molar-refractivity contribution in [2.24, 2.45) is 0 Å². The number of carboxylic acid groups (broad SMARTS) is 1. The fourth-order valence-electron chi connectivity index (χ4n) is 2.29. The third-order valence-electron chi connectivity index (χ3n) is 3.31. The number of nitrogens with one attached hydrogen (secondary N) is 1. The molecule has 0 aliphatic carbocycles. The van der Waals surface area contributed by atoms with E-state index in [1.165, 1.54) is 11.1 Å². The van der Waals surface area contributed by atoms with Gasteiger partial charge < -0.3 is 15.3 Å². The number of piperazine rings is 1. The molecule has 0 aromatic heterocycles. The number of hydrogen-bond acceptors (Lipinski definition) is 2. The van der Waals surface area contributed by atoms with Crippen LogP contribution in [0.25, 0.3) is 0 Å². The second-order valence-corrected chi connectivity index (χ2v) is 4.46. The van der Waals surface area contributed by atoms with Crippen molar-refractivity contribution < 1.29 is 9.90 Å². The Morgan fingerprint density at radius 3 is 3.00 bits per heavy atom. The van der Waals surface area contributed by atoms with Crippen molar-refractivity contribution in [3.05, 3.63) is 35.4 Å². The molecular weight excluding hydrogens is 216 g/mol. The third kappa shape index (κ3) is 2.77. The summed E-state index contributed by atoms with van der Waals surface area (Å²) in [7, 11) is 0. The van der Waals surface area contributed by atoms with E-state index >= 15 is 0 Å². The topological polar surface area (TPSA) is 52.6 Å². The number of benzene rings is 1. The molecule has 4 nitrogen and oxygen atoms in total. The summed E-state index contributed by atoms with van der Waals surface area (Å²) in [6.45, 7) is 4.12. The molecule has 1 fully saturated rings. The predicted octanol–water partition coefficient (Wildman–Crippen LogP) is 1.49. The number of amides is 1. The van der Waals surface area contributed by atoms with E-state index in [4.69, 9.17) is 5.11 Å². The summed E-state index contributed by atoms with van der Waals surface area (Å²) in [5, 5.41) is 12.4.